The van der Waals surface area contributed by atoms with Gasteiger partial charge in [-0.25, -0.2) is 0 Å². The number of nitrogens with zero attached hydrogens (tertiary/aromatic N) is 2. The maximum Gasteiger partial charge on any atom is 0.294 e. The molecule has 0 radical (unpaired) electrons. The van der Waals surface area contributed by atoms with Crippen molar-refractivity contribution in [3.63, 3.8) is 0 Å². The Labute approximate surface area is 136 Å². The van der Waals surface area contributed by atoms with Gasteiger partial charge in [-0.2, -0.15) is 8.42 Å². The van der Waals surface area contributed by atoms with Gasteiger partial charge in [0.15, 0.2) is 0 Å². The SMILES string of the molecule is CC1CN(CC(=O)N2CCc3ccc(S(=O)(=O)O)cc32)CCN1. The first-order valence-electron chi connectivity index (χ1n) is 7.71. The molecule has 2 aliphatic heterocycles. The van der Waals surface area contributed by atoms with Gasteiger partial charge in [0.05, 0.1) is 11.4 Å². The third-order valence-electron chi connectivity index (χ3n) is 4.36. The maximum absolute atomic E-state index is 12.6. The number of fused-ring (bicyclic) bond motifs is 1. The molecule has 1 saturated heterocycles. The van der Waals surface area contributed by atoms with Crippen LogP contribution in [0, 0.1) is 0 Å². The van der Waals surface area contributed by atoms with Crippen LogP contribution in [0.25, 0.3) is 0 Å². The lowest BCUT2D eigenvalue weighted by atomic mass is 10.2. The number of nitrogens with one attached hydrogen (secondary N) is 1. The summed E-state index contributed by atoms with van der Waals surface area (Å²) in [5.74, 6) is -0.0367. The average Bonchev–Trinajstić information content (AvgIpc) is 2.89. The smallest absolute Gasteiger partial charge is 0.294 e. The molecule has 2 aliphatic rings. The molecule has 126 valence electrons. The third kappa shape index (κ3) is 3.55. The molecule has 1 atom stereocenters. The number of benzene rings is 1. The molecule has 1 amide bonds. The van der Waals surface area contributed by atoms with Crippen LogP contribution in [0.4, 0.5) is 5.69 Å². The van der Waals surface area contributed by atoms with Gasteiger partial charge < -0.3 is 10.2 Å². The molecule has 2 N–H and O–H groups in total. The van der Waals surface area contributed by atoms with Crippen LogP contribution < -0.4 is 10.2 Å². The molecule has 7 nitrogen and oxygen atoms in total. The lowest BCUT2D eigenvalue weighted by Gasteiger charge is -2.32. The van der Waals surface area contributed by atoms with Gasteiger partial charge in [0.1, 0.15) is 0 Å². The molecule has 8 heteroatoms. The number of rotatable bonds is 3. The van der Waals surface area contributed by atoms with Crippen LogP contribution in [-0.2, 0) is 21.3 Å². The minimum Gasteiger partial charge on any atom is -0.312 e. The molecule has 0 spiro atoms. The van der Waals surface area contributed by atoms with E-state index in [9.17, 15) is 17.8 Å². The Hall–Kier alpha value is -1.48. The van der Waals surface area contributed by atoms with E-state index >= 15 is 0 Å². The second kappa shape index (κ2) is 6.20. The minimum absolute atomic E-state index is 0.0367. The third-order valence-corrected chi connectivity index (χ3v) is 5.21. The lowest BCUT2D eigenvalue weighted by Crippen LogP contribution is -2.52. The van der Waals surface area contributed by atoms with Gasteiger partial charge in [0, 0.05) is 37.9 Å². The Kier molecular flexibility index (Phi) is 4.41. The van der Waals surface area contributed by atoms with Gasteiger partial charge in [-0.3, -0.25) is 14.2 Å². The van der Waals surface area contributed by atoms with Crippen LogP contribution in [0.15, 0.2) is 23.1 Å². The van der Waals surface area contributed by atoms with Crippen molar-refractivity contribution < 1.29 is 17.8 Å². The summed E-state index contributed by atoms with van der Waals surface area (Å²) in [5, 5.41) is 3.33. The zero-order valence-corrected chi connectivity index (χ0v) is 13.8. The fourth-order valence-corrected chi connectivity index (χ4v) is 3.71. The van der Waals surface area contributed by atoms with Crippen LogP contribution in [0.2, 0.25) is 0 Å². The minimum atomic E-state index is -4.26. The van der Waals surface area contributed by atoms with Crippen molar-refractivity contribution in [1.29, 1.82) is 0 Å². The van der Waals surface area contributed by atoms with E-state index in [4.69, 9.17) is 0 Å². The second-order valence-electron chi connectivity index (χ2n) is 6.15. The number of hydrogen-bond acceptors (Lipinski definition) is 5. The van der Waals surface area contributed by atoms with E-state index in [0.29, 0.717) is 31.2 Å². The first-order valence-corrected chi connectivity index (χ1v) is 9.15. The first-order chi connectivity index (χ1) is 10.8. The van der Waals surface area contributed by atoms with Gasteiger partial charge >= 0.3 is 0 Å². The second-order valence-corrected chi connectivity index (χ2v) is 7.57. The number of piperazine rings is 1. The Morgan fingerprint density at radius 1 is 1.39 bits per heavy atom. The van der Waals surface area contributed by atoms with Crippen molar-refractivity contribution in [2.75, 3.05) is 37.6 Å². The van der Waals surface area contributed by atoms with E-state index in [-0.39, 0.29) is 10.8 Å². The van der Waals surface area contributed by atoms with Crippen LogP contribution in [0.5, 0.6) is 0 Å². The fourth-order valence-electron chi connectivity index (χ4n) is 3.21. The van der Waals surface area contributed by atoms with Crippen LogP contribution >= 0.6 is 0 Å². The number of carbonyl (C=O) groups excluding carboxylic acids is 1. The van der Waals surface area contributed by atoms with E-state index < -0.39 is 10.1 Å². The highest BCUT2D eigenvalue weighted by Gasteiger charge is 2.28. The molecule has 1 unspecified atom stereocenters. The number of anilines is 1. The van der Waals surface area contributed by atoms with Crippen molar-refractivity contribution in [2.24, 2.45) is 0 Å². The predicted octanol–water partition coefficient (Wildman–Crippen LogP) is 0.116. The number of carbonyl (C=O) groups is 1. The lowest BCUT2D eigenvalue weighted by molar-refractivity contribution is -0.119. The number of hydrogen-bond donors (Lipinski definition) is 2. The monoisotopic (exact) mass is 339 g/mol. The topological polar surface area (TPSA) is 90.0 Å². The molecule has 1 aromatic carbocycles. The Bertz CT molecular complexity index is 719. The van der Waals surface area contributed by atoms with E-state index in [1.165, 1.54) is 12.1 Å². The first kappa shape index (κ1) is 16.4. The Morgan fingerprint density at radius 3 is 2.87 bits per heavy atom. The van der Waals surface area contributed by atoms with Gasteiger partial charge in [-0.05, 0) is 31.0 Å². The summed E-state index contributed by atoms with van der Waals surface area (Å²) in [7, 11) is -4.26. The molecule has 2 heterocycles. The Balaban J connectivity index is 1.77. The summed E-state index contributed by atoms with van der Waals surface area (Å²) >= 11 is 0. The predicted molar refractivity (Wildman–Crippen MR) is 86.2 cm³/mol. The molecule has 0 aliphatic carbocycles. The highest BCUT2D eigenvalue weighted by atomic mass is 32.2. The summed E-state index contributed by atoms with van der Waals surface area (Å²) in [5.41, 5.74) is 1.52. The van der Waals surface area contributed by atoms with Crippen molar-refractivity contribution in [1.82, 2.24) is 10.2 Å². The van der Waals surface area contributed by atoms with Gasteiger partial charge in [-0.1, -0.05) is 6.07 Å². The highest BCUT2D eigenvalue weighted by molar-refractivity contribution is 7.85. The van der Waals surface area contributed by atoms with E-state index in [1.54, 1.807) is 11.0 Å². The van der Waals surface area contributed by atoms with Crippen molar-refractivity contribution in [3.05, 3.63) is 23.8 Å². The van der Waals surface area contributed by atoms with E-state index in [2.05, 4.69) is 17.1 Å². The van der Waals surface area contributed by atoms with Crippen LogP contribution in [-0.4, -0.2) is 62.5 Å². The fraction of sp³-hybridized carbons (Fsp3) is 0.533. The van der Waals surface area contributed by atoms with Gasteiger partial charge in [0.25, 0.3) is 10.1 Å². The van der Waals surface area contributed by atoms with Crippen LogP contribution in [0.3, 0.4) is 0 Å². The zero-order valence-electron chi connectivity index (χ0n) is 13.0. The van der Waals surface area contributed by atoms with E-state index in [1.807, 2.05) is 0 Å². The summed E-state index contributed by atoms with van der Waals surface area (Å²) in [6, 6.07) is 4.78. The average molecular weight is 339 g/mol. The molecule has 0 aromatic heterocycles. The van der Waals surface area contributed by atoms with Gasteiger partial charge in [-0.15, -0.1) is 0 Å². The normalized spacial score (nSPS) is 22.2. The van der Waals surface area contributed by atoms with Crippen molar-refractivity contribution in [2.45, 2.75) is 24.3 Å². The summed E-state index contributed by atoms with van der Waals surface area (Å²) in [6.45, 7) is 5.45. The quantitative estimate of drug-likeness (QED) is 0.760. The molecular weight excluding hydrogens is 318 g/mol. The summed E-state index contributed by atoms with van der Waals surface area (Å²) in [6.07, 6.45) is 0.699. The maximum atomic E-state index is 12.6. The highest BCUT2D eigenvalue weighted by Crippen LogP contribution is 2.30. The zero-order chi connectivity index (χ0) is 16.6. The molecule has 1 fully saturated rings. The molecular formula is C15H21N3O4S. The number of amides is 1. The van der Waals surface area contributed by atoms with Crippen LogP contribution in [0.1, 0.15) is 12.5 Å². The Morgan fingerprint density at radius 2 is 2.17 bits per heavy atom. The summed E-state index contributed by atoms with van der Waals surface area (Å²) in [4.78, 5) is 16.1. The van der Waals surface area contributed by atoms with Crippen molar-refractivity contribution >= 4 is 21.7 Å². The van der Waals surface area contributed by atoms with Gasteiger partial charge in [0.2, 0.25) is 5.91 Å². The molecule has 0 bridgehead atoms. The molecule has 3 rings (SSSR count). The standard InChI is InChI=1S/C15H21N3O4S/c1-11-9-17(7-5-16-11)10-15(19)18-6-4-12-2-3-13(8-14(12)18)23(20,21)22/h2-3,8,11,16H,4-7,9-10H2,1H3,(H,20,21,22). The largest absolute Gasteiger partial charge is 0.312 e. The molecule has 1 aromatic rings. The summed E-state index contributed by atoms with van der Waals surface area (Å²) < 4.78 is 31.8. The van der Waals surface area contributed by atoms with Crippen molar-refractivity contribution in [3.8, 4) is 0 Å². The molecule has 23 heavy (non-hydrogen) atoms. The molecule has 0 saturated carbocycles. The van der Waals surface area contributed by atoms with E-state index in [0.717, 1.165) is 25.2 Å².